The predicted molar refractivity (Wildman–Crippen MR) is 90.2 cm³/mol. The molecule has 0 heterocycles. The van der Waals surface area contributed by atoms with Gasteiger partial charge in [0.15, 0.2) is 0 Å². The molecule has 0 radical (unpaired) electrons. The Balaban J connectivity index is 3.37. The third-order valence-corrected chi connectivity index (χ3v) is 3.51. The molecule has 9 heteroatoms. The van der Waals surface area contributed by atoms with E-state index >= 15 is 0 Å². The first-order chi connectivity index (χ1) is 11.3. The van der Waals surface area contributed by atoms with Crippen LogP contribution < -0.4 is 10.4 Å². The van der Waals surface area contributed by atoms with Crippen molar-refractivity contribution in [1.82, 2.24) is 0 Å². The summed E-state index contributed by atoms with van der Waals surface area (Å²) in [7, 11) is 2.47. The molecule has 0 saturated carbocycles. The molecule has 5 nitrogen and oxygen atoms in total. The number of rotatable bonds is 4. The topological polar surface area (TPSA) is 55.8 Å². The van der Waals surface area contributed by atoms with E-state index in [2.05, 4.69) is 4.74 Å². The van der Waals surface area contributed by atoms with Crippen molar-refractivity contribution >= 4 is 30.2 Å². The lowest BCUT2D eigenvalue weighted by molar-refractivity contribution is -0.139. The number of nitrogens with zero attached hydrogens (tertiary/aromatic N) is 1. The van der Waals surface area contributed by atoms with Crippen LogP contribution in [0.3, 0.4) is 0 Å². The highest BCUT2D eigenvalue weighted by atomic mass is 19.4. The molecule has 0 unspecified atom stereocenters. The molecule has 140 valence electrons. The zero-order valence-corrected chi connectivity index (χ0v) is 15.2. The zero-order valence-electron chi connectivity index (χ0n) is 15.2. The van der Waals surface area contributed by atoms with E-state index < -0.39 is 30.1 Å². The third-order valence-electron chi connectivity index (χ3n) is 3.51. The Kier molecular flexibility index (Phi) is 6.15. The molecule has 1 aromatic rings. The van der Waals surface area contributed by atoms with E-state index in [4.69, 9.17) is 4.74 Å². The second kappa shape index (κ2) is 7.37. The molecule has 0 N–H and O–H groups in total. The number of benzene rings is 1. The van der Waals surface area contributed by atoms with Gasteiger partial charge in [0.2, 0.25) is 0 Å². The van der Waals surface area contributed by atoms with E-state index in [9.17, 15) is 22.5 Å². The van der Waals surface area contributed by atoms with Crippen molar-refractivity contribution in [3.05, 3.63) is 23.3 Å². The number of anilines is 1. The lowest BCUT2D eigenvalue weighted by Crippen LogP contribution is -2.39. The van der Waals surface area contributed by atoms with E-state index in [1.807, 2.05) is 0 Å². The minimum absolute atomic E-state index is 0.00652. The summed E-state index contributed by atoms with van der Waals surface area (Å²) in [4.78, 5) is 24.6. The number of carbonyl (C=O) groups excluding carboxylic acids is 2. The molecule has 0 aliphatic carbocycles. The summed E-state index contributed by atoms with van der Waals surface area (Å²) in [6.45, 7) is 0.937. The maximum Gasteiger partial charge on any atom is 0.509 e. The summed E-state index contributed by atoms with van der Waals surface area (Å²) in [6, 6.07) is 2.25. The van der Waals surface area contributed by atoms with Gasteiger partial charge in [-0.05, 0) is 39.3 Å². The summed E-state index contributed by atoms with van der Waals surface area (Å²) in [5.74, 6) is -0.666. The van der Waals surface area contributed by atoms with Crippen molar-refractivity contribution in [3.8, 4) is 0 Å². The van der Waals surface area contributed by atoms with E-state index in [-0.39, 0.29) is 23.2 Å². The van der Waals surface area contributed by atoms with Gasteiger partial charge in [0, 0.05) is 12.7 Å². The van der Waals surface area contributed by atoms with Crippen molar-refractivity contribution in [3.63, 3.8) is 0 Å². The van der Waals surface area contributed by atoms with Gasteiger partial charge in [0.05, 0.1) is 13.5 Å². The van der Waals surface area contributed by atoms with Gasteiger partial charge in [-0.2, -0.15) is 0 Å². The van der Waals surface area contributed by atoms with Gasteiger partial charge < -0.3 is 22.4 Å². The third kappa shape index (κ3) is 5.69. The molecule has 0 spiro atoms. The van der Waals surface area contributed by atoms with Gasteiger partial charge in [0.1, 0.15) is 5.60 Å². The second-order valence-corrected chi connectivity index (χ2v) is 6.69. The number of amides is 1. The van der Waals surface area contributed by atoms with Crippen LogP contribution in [0, 0.1) is 6.92 Å². The van der Waals surface area contributed by atoms with Crippen molar-refractivity contribution in [1.29, 1.82) is 0 Å². The number of hydrogen-bond acceptors (Lipinski definition) is 4. The minimum atomic E-state index is -5.32. The highest BCUT2D eigenvalue weighted by Gasteiger charge is 2.30. The number of methoxy groups -OCH3 is 1. The van der Waals surface area contributed by atoms with Crippen molar-refractivity contribution in [2.75, 3.05) is 19.1 Å². The van der Waals surface area contributed by atoms with E-state index in [0.29, 0.717) is 0 Å². The molecule has 1 amide bonds. The Labute approximate surface area is 145 Å². The highest BCUT2D eigenvalue weighted by molar-refractivity contribution is 6.74. The Morgan fingerprint density at radius 2 is 1.76 bits per heavy atom. The second-order valence-electron chi connectivity index (χ2n) is 6.69. The van der Waals surface area contributed by atoms with Crippen molar-refractivity contribution in [2.24, 2.45) is 0 Å². The Hall–Kier alpha value is -2.19. The van der Waals surface area contributed by atoms with Crippen LogP contribution in [0.25, 0.3) is 0 Å². The molecule has 0 fully saturated rings. The zero-order chi connectivity index (χ0) is 19.6. The van der Waals surface area contributed by atoms with Gasteiger partial charge in [-0.3, -0.25) is 9.69 Å². The van der Waals surface area contributed by atoms with Crippen LogP contribution in [-0.2, 0) is 20.7 Å². The van der Waals surface area contributed by atoms with Crippen LogP contribution in [0.4, 0.5) is 23.4 Å². The first kappa shape index (κ1) is 20.9. The summed E-state index contributed by atoms with van der Waals surface area (Å²) in [6.07, 6.45) is -1.11. The van der Waals surface area contributed by atoms with Crippen LogP contribution in [0.15, 0.2) is 12.1 Å². The van der Waals surface area contributed by atoms with Gasteiger partial charge in [-0.1, -0.05) is 11.6 Å². The molecule has 0 aliphatic heterocycles. The highest BCUT2D eigenvalue weighted by Crippen LogP contribution is 2.24. The van der Waals surface area contributed by atoms with Crippen LogP contribution in [0.5, 0.6) is 0 Å². The molecule has 0 aliphatic rings. The first-order valence-corrected chi connectivity index (χ1v) is 7.63. The summed E-state index contributed by atoms with van der Waals surface area (Å²) < 4.78 is 49.8. The molecule has 0 atom stereocenters. The lowest BCUT2D eigenvalue weighted by Gasteiger charge is -2.27. The smallest absolute Gasteiger partial charge is 0.469 e. The fraction of sp³-hybridized carbons (Fsp3) is 0.500. The molecule has 0 aromatic heterocycles. The summed E-state index contributed by atoms with van der Waals surface area (Å²) in [5, 5.41) is 0. The lowest BCUT2D eigenvalue weighted by atomic mass is 9.75. The SMILES string of the molecule is COC(=O)Cc1cc(N(C)C(=O)OC(C)(C)C)cc([B-](F)(F)F)c1C. The minimum Gasteiger partial charge on any atom is -0.469 e. The number of carbonyl (C=O) groups is 2. The molecule has 1 rings (SSSR count). The monoisotopic (exact) mass is 360 g/mol. The average Bonchev–Trinajstić information content (AvgIpc) is 2.45. The predicted octanol–water partition coefficient (Wildman–Crippen LogP) is 3.14. The molecule has 0 saturated heterocycles. The van der Waals surface area contributed by atoms with Crippen LogP contribution in [-0.4, -0.2) is 38.8 Å². The quantitative estimate of drug-likeness (QED) is 0.612. The van der Waals surface area contributed by atoms with E-state index in [1.54, 1.807) is 20.8 Å². The van der Waals surface area contributed by atoms with Gasteiger partial charge in [-0.15, -0.1) is 5.46 Å². The average molecular weight is 360 g/mol. The summed E-state index contributed by atoms with van der Waals surface area (Å²) >= 11 is 0. The fourth-order valence-corrected chi connectivity index (χ4v) is 2.16. The Morgan fingerprint density at radius 1 is 1.20 bits per heavy atom. The number of ether oxygens (including phenoxy) is 2. The van der Waals surface area contributed by atoms with Gasteiger partial charge in [0.25, 0.3) is 0 Å². The van der Waals surface area contributed by atoms with Crippen LogP contribution >= 0.6 is 0 Å². The molecular formula is C16H22BF3NO4-. The van der Waals surface area contributed by atoms with Crippen molar-refractivity contribution in [2.45, 2.75) is 39.7 Å². The van der Waals surface area contributed by atoms with Crippen LogP contribution in [0.1, 0.15) is 31.9 Å². The number of esters is 1. The molecular weight excluding hydrogens is 338 g/mol. The molecule has 1 aromatic carbocycles. The molecule has 0 bridgehead atoms. The van der Waals surface area contributed by atoms with Crippen LogP contribution in [0.2, 0.25) is 0 Å². The normalized spacial score (nSPS) is 11.9. The van der Waals surface area contributed by atoms with E-state index in [0.717, 1.165) is 18.1 Å². The number of hydrogen-bond donors (Lipinski definition) is 0. The largest absolute Gasteiger partial charge is 0.509 e. The standard InChI is InChI=1S/C16H22BF3NO4/c1-10-11(8-14(22)24-6)7-12(9-13(10)17(18,19)20)21(5)15(23)25-16(2,3)4/h7,9H,8H2,1-6H3/q-1. The maximum absolute atomic E-state index is 13.4. The first-order valence-electron chi connectivity index (χ1n) is 7.63. The van der Waals surface area contributed by atoms with E-state index in [1.165, 1.54) is 20.0 Å². The fourth-order valence-electron chi connectivity index (χ4n) is 2.16. The number of halogens is 3. The Morgan fingerprint density at radius 3 is 2.20 bits per heavy atom. The molecule has 25 heavy (non-hydrogen) atoms. The maximum atomic E-state index is 13.4. The summed E-state index contributed by atoms with van der Waals surface area (Å²) in [5.41, 5.74) is -1.56. The Bertz CT molecular complexity index is 669. The van der Waals surface area contributed by atoms with Gasteiger partial charge >= 0.3 is 19.0 Å². The van der Waals surface area contributed by atoms with Crippen molar-refractivity contribution < 1.29 is 32.0 Å². The van der Waals surface area contributed by atoms with Gasteiger partial charge in [-0.25, -0.2) is 4.79 Å².